The number of rotatable bonds is 7. The van der Waals surface area contributed by atoms with Crippen molar-refractivity contribution in [1.29, 1.82) is 0 Å². The molecular formula is C19H29F2N5O2. The lowest BCUT2D eigenvalue weighted by Gasteiger charge is -2.25. The topological polar surface area (TPSA) is 78.0 Å². The van der Waals surface area contributed by atoms with Gasteiger partial charge in [0.2, 0.25) is 5.91 Å². The highest BCUT2D eigenvalue weighted by Gasteiger charge is 2.29. The van der Waals surface area contributed by atoms with E-state index in [-0.39, 0.29) is 17.7 Å². The summed E-state index contributed by atoms with van der Waals surface area (Å²) in [5.74, 6) is 0.715. The average molecular weight is 397 g/mol. The van der Waals surface area contributed by atoms with Crippen molar-refractivity contribution >= 4 is 17.6 Å². The van der Waals surface area contributed by atoms with Gasteiger partial charge in [0, 0.05) is 39.8 Å². The number of carbonyl (C=O) groups excluding carboxylic acids is 1. The lowest BCUT2D eigenvalue weighted by Crippen LogP contribution is -2.50. The van der Waals surface area contributed by atoms with Gasteiger partial charge in [-0.25, -0.2) is 0 Å². The molecule has 0 spiro atoms. The predicted molar refractivity (Wildman–Crippen MR) is 106 cm³/mol. The number of alkyl halides is 2. The number of carbonyl (C=O) groups is 1. The third-order valence-electron chi connectivity index (χ3n) is 4.71. The Labute approximate surface area is 164 Å². The number of nitrogens with one attached hydrogen (secondary N) is 3. The Hall–Kier alpha value is -2.58. The Bertz CT molecular complexity index is 697. The molecule has 3 N–H and O–H groups in total. The number of benzene rings is 1. The van der Waals surface area contributed by atoms with E-state index in [1.54, 1.807) is 38.4 Å². The molecule has 0 aromatic heterocycles. The molecule has 1 heterocycles. The first kappa shape index (κ1) is 21.7. The Morgan fingerprint density at radius 3 is 2.75 bits per heavy atom. The molecule has 156 valence electrons. The van der Waals surface area contributed by atoms with Gasteiger partial charge in [-0.05, 0) is 32.4 Å². The minimum absolute atomic E-state index is 0.0573. The van der Waals surface area contributed by atoms with E-state index in [0.29, 0.717) is 31.3 Å². The third-order valence-corrected chi connectivity index (χ3v) is 4.71. The van der Waals surface area contributed by atoms with Gasteiger partial charge in [-0.2, -0.15) is 8.78 Å². The number of anilines is 1. The molecular weight excluding hydrogens is 368 g/mol. The molecule has 0 bridgehead atoms. The van der Waals surface area contributed by atoms with Gasteiger partial charge >= 0.3 is 6.61 Å². The summed E-state index contributed by atoms with van der Waals surface area (Å²) in [4.78, 5) is 18.1. The predicted octanol–water partition coefficient (Wildman–Crippen LogP) is 1.80. The summed E-state index contributed by atoms with van der Waals surface area (Å²) in [5.41, 5.74) is 0.0652. The normalized spacial score (nSPS) is 17.6. The van der Waals surface area contributed by atoms with Crippen LogP contribution in [-0.2, 0) is 4.79 Å². The van der Waals surface area contributed by atoms with Crippen LogP contribution < -0.4 is 25.6 Å². The molecule has 1 atom stereocenters. The van der Waals surface area contributed by atoms with Crippen molar-refractivity contribution in [3.63, 3.8) is 0 Å². The number of amides is 1. The standard InChI is InChI=1S/C19H29F2N5O2/c1-19(2,16(27)22-3)12-24-18(23-4)25-13-9-10-26(11-13)14-7-5-6-8-15(14)28-17(20)21/h5-8,13,17H,9-12H2,1-4H3,(H,22,27)(H2,23,24,25). The Morgan fingerprint density at radius 2 is 2.11 bits per heavy atom. The van der Waals surface area contributed by atoms with E-state index in [1.165, 1.54) is 0 Å². The summed E-state index contributed by atoms with van der Waals surface area (Å²) >= 11 is 0. The van der Waals surface area contributed by atoms with Crippen LogP contribution in [0.3, 0.4) is 0 Å². The molecule has 9 heteroatoms. The first-order valence-electron chi connectivity index (χ1n) is 9.25. The Balaban J connectivity index is 1.94. The zero-order chi connectivity index (χ0) is 20.7. The number of para-hydroxylation sites is 2. The van der Waals surface area contributed by atoms with E-state index in [9.17, 15) is 13.6 Å². The highest BCUT2D eigenvalue weighted by molar-refractivity contribution is 5.84. The van der Waals surface area contributed by atoms with Gasteiger partial charge in [-0.1, -0.05) is 12.1 Å². The molecule has 1 saturated heterocycles. The van der Waals surface area contributed by atoms with Gasteiger partial charge in [0.05, 0.1) is 11.1 Å². The third kappa shape index (κ3) is 5.71. The monoisotopic (exact) mass is 397 g/mol. The second-order valence-electron chi connectivity index (χ2n) is 7.31. The summed E-state index contributed by atoms with van der Waals surface area (Å²) < 4.78 is 29.9. The van der Waals surface area contributed by atoms with Crippen LogP contribution in [0.25, 0.3) is 0 Å². The van der Waals surface area contributed by atoms with Crippen molar-refractivity contribution in [1.82, 2.24) is 16.0 Å². The number of hydrogen-bond acceptors (Lipinski definition) is 4. The number of nitrogens with zero attached hydrogens (tertiary/aromatic N) is 2. The Morgan fingerprint density at radius 1 is 1.39 bits per heavy atom. The van der Waals surface area contributed by atoms with Gasteiger partial charge in [0.15, 0.2) is 5.96 Å². The lowest BCUT2D eigenvalue weighted by molar-refractivity contribution is -0.128. The first-order chi connectivity index (χ1) is 13.3. The van der Waals surface area contributed by atoms with Crippen molar-refractivity contribution in [2.24, 2.45) is 10.4 Å². The fraction of sp³-hybridized carbons (Fsp3) is 0.579. The minimum Gasteiger partial charge on any atom is -0.433 e. The molecule has 1 amide bonds. The summed E-state index contributed by atoms with van der Waals surface area (Å²) in [5, 5.41) is 9.16. The van der Waals surface area contributed by atoms with Crippen LogP contribution in [0.1, 0.15) is 20.3 Å². The maximum absolute atomic E-state index is 12.6. The van der Waals surface area contributed by atoms with Crippen LogP contribution >= 0.6 is 0 Å². The van der Waals surface area contributed by atoms with Crippen molar-refractivity contribution in [2.45, 2.75) is 32.9 Å². The first-order valence-corrected chi connectivity index (χ1v) is 9.25. The molecule has 1 aliphatic heterocycles. The number of aliphatic imine (C=N–C) groups is 1. The van der Waals surface area contributed by atoms with E-state index < -0.39 is 12.0 Å². The van der Waals surface area contributed by atoms with Crippen LogP contribution in [-0.4, -0.2) is 58.2 Å². The molecule has 1 aliphatic rings. The van der Waals surface area contributed by atoms with E-state index >= 15 is 0 Å². The summed E-state index contributed by atoms with van der Waals surface area (Å²) in [6.45, 7) is 2.61. The van der Waals surface area contributed by atoms with Crippen molar-refractivity contribution in [2.75, 3.05) is 38.6 Å². The smallest absolute Gasteiger partial charge is 0.387 e. The highest BCUT2D eigenvalue weighted by Crippen LogP contribution is 2.31. The van der Waals surface area contributed by atoms with Crippen LogP contribution in [0, 0.1) is 5.41 Å². The molecule has 2 rings (SSSR count). The molecule has 28 heavy (non-hydrogen) atoms. The van der Waals surface area contributed by atoms with Crippen LogP contribution in [0.15, 0.2) is 29.3 Å². The molecule has 1 fully saturated rings. The van der Waals surface area contributed by atoms with Crippen molar-refractivity contribution in [3.8, 4) is 5.75 Å². The molecule has 7 nitrogen and oxygen atoms in total. The molecule has 1 unspecified atom stereocenters. The molecule has 0 saturated carbocycles. The SMILES string of the molecule is CN=C(NCC(C)(C)C(=O)NC)NC1CCN(c2ccccc2OC(F)F)C1. The maximum atomic E-state index is 12.6. The van der Waals surface area contributed by atoms with Crippen LogP contribution in [0.2, 0.25) is 0 Å². The highest BCUT2D eigenvalue weighted by atomic mass is 19.3. The maximum Gasteiger partial charge on any atom is 0.387 e. The van der Waals surface area contributed by atoms with Crippen LogP contribution in [0.4, 0.5) is 14.5 Å². The minimum atomic E-state index is -2.86. The van der Waals surface area contributed by atoms with Gasteiger partial charge in [-0.15, -0.1) is 0 Å². The molecule has 0 radical (unpaired) electrons. The molecule has 1 aromatic carbocycles. The number of halogens is 2. The molecule has 0 aliphatic carbocycles. The quantitative estimate of drug-likeness (QED) is 0.483. The van der Waals surface area contributed by atoms with Gasteiger partial charge < -0.3 is 25.6 Å². The number of ether oxygens (including phenoxy) is 1. The zero-order valence-corrected chi connectivity index (χ0v) is 16.8. The van der Waals surface area contributed by atoms with Crippen molar-refractivity contribution in [3.05, 3.63) is 24.3 Å². The second kappa shape index (κ2) is 9.57. The van der Waals surface area contributed by atoms with Gasteiger partial charge in [0.25, 0.3) is 0 Å². The summed E-state index contributed by atoms with van der Waals surface area (Å²) in [6.07, 6.45) is 0.822. The number of hydrogen-bond donors (Lipinski definition) is 3. The number of guanidine groups is 1. The van der Waals surface area contributed by atoms with Crippen LogP contribution in [0.5, 0.6) is 5.75 Å². The second-order valence-corrected chi connectivity index (χ2v) is 7.31. The fourth-order valence-electron chi connectivity index (χ4n) is 3.12. The summed E-state index contributed by atoms with van der Waals surface area (Å²) in [7, 11) is 3.28. The van der Waals surface area contributed by atoms with Crippen molar-refractivity contribution < 1.29 is 18.3 Å². The summed E-state index contributed by atoms with van der Waals surface area (Å²) in [6, 6.07) is 6.89. The van der Waals surface area contributed by atoms with E-state index in [2.05, 4.69) is 25.7 Å². The van der Waals surface area contributed by atoms with E-state index in [4.69, 9.17) is 0 Å². The Kier molecular flexibility index (Phi) is 7.42. The van der Waals surface area contributed by atoms with Gasteiger partial charge in [0.1, 0.15) is 5.75 Å². The largest absolute Gasteiger partial charge is 0.433 e. The van der Waals surface area contributed by atoms with E-state index in [1.807, 2.05) is 18.7 Å². The zero-order valence-electron chi connectivity index (χ0n) is 16.8. The fourth-order valence-corrected chi connectivity index (χ4v) is 3.12. The average Bonchev–Trinajstić information content (AvgIpc) is 3.12. The van der Waals surface area contributed by atoms with E-state index in [0.717, 1.165) is 6.42 Å². The van der Waals surface area contributed by atoms with Gasteiger partial charge in [-0.3, -0.25) is 9.79 Å². The lowest BCUT2D eigenvalue weighted by atomic mass is 9.92. The molecule has 1 aromatic rings.